The van der Waals surface area contributed by atoms with Crippen LogP contribution in [-0.4, -0.2) is 57.6 Å². The second kappa shape index (κ2) is 8.54. The van der Waals surface area contributed by atoms with Crippen molar-refractivity contribution in [1.29, 1.82) is 0 Å². The summed E-state index contributed by atoms with van der Waals surface area (Å²) >= 11 is 0. The second-order valence-electron chi connectivity index (χ2n) is 5.68. The van der Waals surface area contributed by atoms with Gasteiger partial charge in [0.1, 0.15) is 0 Å². The molecule has 1 saturated heterocycles. The molecule has 0 aromatic heterocycles. The van der Waals surface area contributed by atoms with Gasteiger partial charge in [-0.2, -0.15) is 0 Å². The van der Waals surface area contributed by atoms with Crippen LogP contribution < -0.4 is 20.1 Å². The molecule has 1 heterocycles. The molecule has 0 bridgehead atoms. The molecule has 2 rings (SSSR count). The maximum Gasteiger partial charge on any atom is 0.256 e. The Hall–Kier alpha value is -2.28. The van der Waals surface area contributed by atoms with Gasteiger partial charge in [0.25, 0.3) is 5.91 Å². The van der Waals surface area contributed by atoms with Crippen LogP contribution in [0.3, 0.4) is 0 Å². The minimum Gasteiger partial charge on any atom is -0.493 e. The summed E-state index contributed by atoms with van der Waals surface area (Å²) in [6, 6.07) is 3.26. The number of piperidine rings is 1. The number of likely N-dealkylation sites (N-methyl/N-ethyl adjacent to an activating group) is 1. The Kier molecular flexibility index (Phi) is 6.43. The average molecular weight is 335 g/mol. The van der Waals surface area contributed by atoms with Gasteiger partial charge in [-0.15, -0.1) is 0 Å². The fraction of sp³-hybridized carbons (Fsp3) is 0.529. The van der Waals surface area contributed by atoms with Gasteiger partial charge in [0.2, 0.25) is 5.91 Å². The van der Waals surface area contributed by atoms with E-state index in [2.05, 4.69) is 10.6 Å². The van der Waals surface area contributed by atoms with Crippen LogP contribution in [0.25, 0.3) is 0 Å². The van der Waals surface area contributed by atoms with Crippen molar-refractivity contribution < 1.29 is 19.1 Å². The van der Waals surface area contributed by atoms with Crippen LogP contribution in [0.5, 0.6) is 11.5 Å². The Bertz CT molecular complexity index is 598. The van der Waals surface area contributed by atoms with E-state index >= 15 is 0 Å². The Balaban J connectivity index is 2.37. The first kappa shape index (κ1) is 18.1. The highest BCUT2D eigenvalue weighted by molar-refractivity contribution is 6.05. The molecule has 132 valence electrons. The van der Waals surface area contributed by atoms with E-state index in [1.165, 1.54) is 14.2 Å². The number of carbonyl (C=O) groups is 2. The smallest absolute Gasteiger partial charge is 0.256 e. The number of carbonyl (C=O) groups excluding carboxylic acids is 2. The van der Waals surface area contributed by atoms with Crippen molar-refractivity contribution in [1.82, 2.24) is 10.2 Å². The molecule has 0 radical (unpaired) electrons. The highest BCUT2D eigenvalue weighted by atomic mass is 16.5. The number of benzene rings is 1. The van der Waals surface area contributed by atoms with Crippen molar-refractivity contribution in [2.24, 2.45) is 0 Å². The van der Waals surface area contributed by atoms with Crippen molar-refractivity contribution in [3.05, 3.63) is 17.7 Å². The van der Waals surface area contributed by atoms with E-state index in [-0.39, 0.29) is 18.4 Å². The van der Waals surface area contributed by atoms with Crippen LogP contribution in [0.2, 0.25) is 0 Å². The van der Waals surface area contributed by atoms with Gasteiger partial charge in [0, 0.05) is 19.2 Å². The Labute approximate surface area is 142 Å². The number of likely N-dealkylation sites (tertiary alicyclic amines) is 1. The highest BCUT2D eigenvalue weighted by Crippen LogP contribution is 2.34. The molecule has 7 heteroatoms. The third-order valence-electron chi connectivity index (χ3n) is 4.01. The first-order valence-corrected chi connectivity index (χ1v) is 8.10. The van der Waals surface area contributed by atoms with Crippen molar-refractivity contribution in [2.45, 2.75) is 19.3 Å². The van der Waals surface area contributed by atoms with Crippen molar-refractivity contribution in [2.75, 3.05) is 46.2 Å². The topological polar surface area (TPSA) is 79.9 Å². The molecule has 1 aromatic rings. The lowest BCUT2D eigenvalue weighted by atomic mass is 10.1. The van der Waals surface area contributed by atoms with Gasteiger partial charge >= 0.3 is 0 Å². The molecule has 1 aliphatic rings. The lowest BCUT2D eigenvalue weighted by Gasteiger charge is -2.28. The summed E-state index contributed by atoms with van der Waals surface area (Å²) in [6.07, 6.45) is 3.14. The summed E-state index contributed by atoms with van der Waals surface area (Å²) in [7, 11) is 4.73. The number of rotatable bonds is 6. The summed E-state index contributed by atoms with van der Waals surface area (Å²) in [4.78, 5) is 26.7. The first-order valence-electron chi connectivity index (χ1n) is 8.10. The van der Waals surface area contributed by atoms with E-state index in [1.54, 1.807) is 19.2 Å². The van der Waals surface area contributed by atoms with Crippen LogP contribution in [0.1, 0.15) is 29.6 Å². The molecule has 0 unspecified atom stereocenters. The fourth-order valence-electron chi connectivity index (χ4n) is 2.78. The predicted molar refractivity (Wildman–Crippen MR) is 91.9 cm³/mol. The van der Waals surface area contributed by atoms with Gasteiger partial charge in [0.05, 0.1) is 32.0 Å². The Morgan fingerprint density at radius 1 is 1.08 bits per heavy atom. The molecule has 0 aliphatic carbocycles. The summed E-state index contributed by atoms with van der Waals surface area (Å²) in [6.45, 7) is 1.62. The summed E-state index contributed by atoms with van der Waals surface area (Å²) in [5, 5.41) is 5.56. The largest absolute Gasteiger partial charge is 0.493 e. The Morgan fingerprint density at radius 2 is 1.71 bits per heavy atom. The predicted octanol–water partition coefficient (Wildman–Crippen LogP) is 1.49. The molecule has 0 atom stereocenters. The van der Waals surface area contributed by atoms with Crippen LogP contribution in [0, 0.1) is 0 Å². The maximum absolute atomic E-state index is 12.9. The third kappa shape index (κ3) is 4.17. The molecule has 7 nitrogen and oxygen atoms in total. The lowest BCUT2D eigenvalue weighted by molar-refractivity contribution is -0.115. The average Bonchev–Trinajstić information content (AvgIpc) is 2.61. The number of amides is 2. The zero-order valence-corrected chi connectivity index (χ0v) is 14.5. The van der Waals surface area contributed by atoms with Gasteiger partial charge < -0.3 is 25.0 Å². The van der Waals surface area contributed by atoms with Crippen LogP contribution in [0.4, 0.5) is 5.69 Å². The molecule has 2 N–H and O–H groups in total. The number of nitrogens with zero attached hydrogens (tertiary/aromatic N) is 1. The number of hydrogen-bond donors (Lipinski definition) is 2. The molecule has 0 spiro atoms. The molecule has 1 aromatic carbocycles. The zero-order valence-electron chi connectivity index (χ0n) is 14.5. The molecule has 2 amide bonds. The number of ether oxygens (including phenoxy) is 2. The summed E-state index contributed by atoms with van der Waals surface area (Å²) in [5.41, 5.74) is 0.850. The maximum atomic E-state index is 12.9. The van der Waals surface area contributed by atoms with E-state index in [1.807, 2.05) is 4.90 Å². The Morgan fingerprint density at radius 3 is 2.29 bits per heavy atom. The van der Waals surface area contributed by atoms with Gasteiger partial charge in [-0.25, -0.2) is 0 Å². The third-order valence-corrected chi connectivity index (χ3v) is 4.01. The van der Waals surface area contributed by atoms with Gasteiger partial charge in [-0.3, -0.25) is 9.59 Å². The number of nitrogens with one attached hydrogen (secondary N) is 2. The number of methoxy groups -OCH3 is 2. The molecule has 1 fully saturated rings. The fourth-order valence-corrected chi connectivity index (χ4v) is 2.78. The zero-order chi connectivity index (χ0) is 17.5. The van der Waals surface area contributed by atoms with E-state index < -0.39 is 0 Å². The van der Waals surface area contributed by atoms with Gasteiger partial charge in [-0.1, -0.05) is 0 Å². The normalized spacial score (nSPS) is 14.2. The first-order chi connectivity index (χ1) is 11.6. The molecular formula is C17H25N3O4. The summed E-state index contributed by atoms with van der Waals surface area (Å²) in [5.74, 6) is 0.602. The molecule has 24 heavy (non-hydrogen) atoms. The van der Waals surface area contributed by atoms with E-state index in [0.29, 0.717) is 22.7 Å². The van der Waals surface area contributed by atoms with Crippen molar-refractivity contribution >= 4 is 17.5 Å². The quantitative estimate of drug-likeness (QED) is 0.823. The van der Waals surface area contributed by atoms with Crippen LogP contribution in [-0.2, 0) is 4.79 Å². The van der Waals surface area contributed by atoms with Crippen LogP contribution >= 0.6 is 0 Å². The minimum atomic E-state index is -0.225. The van der Waals surface area contributed by atoms with Gasteiger partial charge in [-0.05, 0) is 32.4 Å². The number of hydrogen-bond acceptors (Lipinski definition) is 5. The monoisotopic (exact) mass is 335 g/mol. The highest BCUT2D eigenvalue weighted by Gasteiger charge is 2.24. The standard InChI is InChI=1S/C17H25N3O4/c1-18-11-16(21)19-13-10-15(24-3)14(23-2)9-12(13)17(22)20-7-5-4-6-8-20/h9-10,18H,4-8,11H2,1-3H3,(H,19,21). The summed E-state index contributed by atoms with van der Waals surface area (Å²) < 4.78 is 10.6. The minimum absolute atomic E-state index is 0.101. The molecule has 1 aliphatic heterocycles. The number of anilines is 1. The molecular weight excluding hydrogens is 310 g/mol. The lowest BCUT2D eigenvalue weighted by Crippen LogP contribution is -2.36. The molecule has 0 saturated carbocycles. The van der Waals surface area contributed by atoms with Crippen molar-refractivity contribution in [3.63, 3.8) is 0 Å². The van der Waals surface area contributed by atoms with E-state index in [9.17, 15) is 9.59 Å². The second-order valence-corrected chi connectivity index (χ2v) is 5.68. The van der Waals surface area contributed by atoms with E-state index in [4.69, 9.17) is 9.47 Å². The van der Waals surface area contributed by atoms with Crippen molar-refractivity contribution in [3.8, 4) is 11.5 Å². The van der Waals surface area contributed by atoms with E-state index in [0.717, 1.165) is 32.4 Å². The SMILES string of the molecule is CNCC(=O)Nc1cc(OC)c(OC)cc1C(=O)N1CCCCC1. The van der Waals surface area contributed by atoms with Crippen LogP contribution in [0.15, 0.2) is 12.1 Å². The van der Waals surface area contributed by atoms with Gasteiger partial charge in [0.15, 0.2) is 11.5 Å².